The standard InChI is InChI=1S/C11H19NO2S/c1-15-6-8(9(12)10(13)14)11-4-2-3-7(11)5-11/h7-9H,2-6,12H2,1H3,(H,13,14). The van der Waals surface area contributed by atoms with Crippen molar-refractivity contribution in [3.8, 4) is 0 Å². The Morgan fingerprint density at radius 1 is 1.73 bits per heavy atom. The van der Waals surface area contributed by atoms with Crippen LogP contribution in [0, 0.1) is 17.3 Å². The first-order valence-corrected chi connectivity index (χ1v) is 6.98. The van der Waals surface area contributed by atoms with Gasteiger partial charge in [-0.15, -0.1) is 0 Å². The van der Waals surface area contributed by atoms with Crippen molar-refractivity contribution >= 4 is 17.7 Å². The molecule has 15 heavy (non-hydrogen) atoms. The summed E-state index contributed by atoms with van der Waals surface area (Å²) >= 11 is 1.72. The van der Waals surface area contributed by atoms with Crippen molar-refractivity contribution in [2.45, 2.75) is 31.7 Å². The van der Waals surface area contributed by atoms with E-state index in [4.69, 9.17) is 10.8 Å². The van der Waals surface area contributed by atoms with Crippen LogP contribution in [0.5, 0.6) is 0 Å². The maximum atomic E-state index is 11.0. The fourth-order valence-corrected chi connectivity index (χ4v) is 4.29. The lowest BCUT2D eigenvalue weighted by molar-refractivity contribution is -0.140. The molecule has 0 aromatic heterocycles. The van der Waals surface area contributed by atoms with Crippen LogP contribution in [0.4, 0.5) is 0 Å². The Morgan fingerprint density at radius 3 is 2.87 bits per heavy atom. The Hall–Kier alpha value is -0.220. The molecule has 0 amide bonds. The molecule has 4 heteroatoms. The van der Waals surface area contributed by atoms with Crippen molar-refractivity contribution in [3.63, 3.8) is 0 Å². The average molecular weight is 229 g/mol. The molecule has 86 valence electrons. The third-order valence-corrected chi connectivity index (χ3v) is 4.97. The molecule has 2 aliphatic carbocycles. The molecule has 0 spiro atoms. The zero-order chi connectivity index (χ0) is 11.1. The van der Waals surface area contributed by atoms with Crippen molar-refractivity contribution in [1.82, 2.24) is 0 Å². The van der Waals surface area contributed by atoms with Gasteiger partial charge in [0.2, 0.25) is 0 Å². The molecule has 0 heterocycles. The monoisotopic (exact) mass is 229 g/mol. The average Bonchev–Trinajstić information content (AvgIpc) is 2.77. The maximum absolute atomic E-state index is 11.0. The van der Waals surface area contributed by atoms with Crippen molar-refractivity contribution in [2.75, 3.05) is 12.0 Å². The SMILES string of the molecule is CSCC(C(N)C(=O)O)C12CCCC1C2. The molecule has 3 N–H and O–H groups in total. The number of carboxylic acids is 1. The van der Waals surface area contributed by atoms with Gasteiger partial charge in [0.25, 0.3) is 0 Å². The second-order valence-corrected chi connectivity index (χ2v) is 5.86. The lowest BCUT2D eigenvalue weighted by atomic mass is 9.83. The predicted octanol–water partition coefficient (Wildman–Crippen LogP) is 1.57. The first-order valence-electron chi connectivity index (χ1n) is 5.59. The highest BCUT2D eigenvalue weighted by molar-refractivity contribution is 7.98. The molecule has 0 saturated heterocycles. The summed E-state index contributed by atoms with van der Waals surface area (Å²) in [5.41, 5.74) is 6.13. The Balaban J connectivity index is 2.09. The van der Waals surface area contributed by atoms with Crippen LogP contribution < -0.4 is 5.73 Å². The highest BCUT2D eigenvalue weighted by Crippen LogP contribution is 2.68. The molecule has 0 aromatic carbocycles. The van der Waals surface area contributed by atoms with E-state index in [9.17, 15) is 4.79 Å². The van der Waals surface area contributed by atoms with E-state index in [2.05, 4.69) is 0 Å². The number of fused-ring (bicyclic) bond motifs is 1. The van der Waals surface area contributed by atoms with Crippen LogP contribution in [0.2, 0.25) is 0 Å². The van der Waals surface area contributed by atoms with Crippen LogP contribution in [-0.2, 0) is 4.79 Å². The van der Waals surface area contributed by atoms with Gasteiger partial charge in [-0.05, 0) is 48.5 Å². The van der Waals surface area contributed by atoms with Crippen molar-refractivity contribution in [1.29, 1.82) is 0 Å². The summed E-state index contributed by atoms with van der Waals surface area (Å²) in [6, 6.07) is -0.666. The van der Waals surface area contributed by atoms with Crippen LogP contribution in [0.3, 0.4) is 0 Å². The first kappa shape index (κ1) is 11.3. The van der Waals surface area contributed by atoms with E-state index in [1.807, 2.05) is 6.26 Å². The molecule has 4 atom stereocenters. The highest BCUT2D eigenvalue weighted by atomic mass is 32.2. The van der Waals surface area contributed by atoms with Crippen LogP contribution in [0.1, 0.15) is 25.7 Å². The van der Waals surface area contributed by atoms with Gasteiger partial charge in [-0.3, -0.25) is 4.79 Å². The molecule has 2 saturated carbocycles. The van der Waals surface area contributed by atoms with Crippen molar-refractivity contribution in [3.05, 3.63) is 0 Å². The molecule has 0 bridgehead atoms. The topological polar surface area (TPSA) is 63.3 Å². The number of hydrogen-bond acceptors (Lipinski definition) is 3. The van der Waals surface area contributed by atoms with Crippen LogP contribution in [-0.4, -0.2) is 29.1 Å². The molecule has 0 aromatic rings. The zero-order valence-electron chi connectivity index (χ0n) is 9.11. The van der Waals surface area contributed by atoms with Gasteiger partial charge >= 0.3 is 5.97 Å². The van der Waals surface area contributed by atoms with Crippen LogP contribution >= 0.6 is 11.8 Å². The first-order chi connectivity index (χ1) is 7.12. The second-order valence-electron chi connectivity index (χ2n) is 4.95. The molecule has 2 rings (SSSR count). The number of aliphatic carboxylic acids is 1. The summed E-state index contributed by atoms with van der Waals surface area (Å²) in [5, 5.41) is 9.04. The van der Waals surface area contributed by atoms with E-state index in [0.717, 1.165) is 11.7 Å². The van der Waals surface area contributed by atoms with E-state index in [0.29, 0.717) is 5.41 Å². The van der Waals surface area contributed by atoms with E-state index in [1.165, 1.54) is 25.7 Å². The molecule has 0 radical (unpaired) electrons. The van der Waals surface area contributed by atoms with Crippen molar-refractivity contribution < 1.29 is 9.90 Å². The minimum atomic E-state index is -0.832. The van der Waals surface area contributed by atoms with Gasteiger partial charge in [0.05, 0.1) is 0 Å². The van der Waals surface area contributed by atoms with Gasteiger partial charge in [-0.1, -0.05) is 6.42 Å². The van der Waals surface area contributed by atoms with Gasteiger partial charge < -0.3 is 10.8 Å². The van der Waals surface area contributed by atoms with Crippen molar-refractivity contribution in [2.24, 2.45) is 23.0 Å². The zero-order valence-corrected chi connectivity index (χ0v) is 9.93. The summed E-state index contributed by atoms with van der Waals surface area (Å²) in [6.07, 6.45) is 7.01. The third-order valence-electron chi connectivity index (χ3n) is 4.28. The normalized spacial score (nSPS) is 37.1. The third kappa shape index (κ3) is 1.78. The molecule has 3 nitrogen and oxygen atoms in total. The number of rotatable bonds is 5. The smallest absolute Gasteiger partial charge is 0.320 e. The molecule has 2 fully saturated rings. The minimum Gasteiger partial charge on any atom is -0.480 e. The number of thioether (sulfide) groups is 1. The Kier molecular flexibility index (Phi) is 2.99. The largest absolute Gasteiger partial charge is 0.480 e. The maximum Gasteiger partial charge on any atom is 0.320 e. The minimum absolute atomic E-state index is 0.178. The van der Waals surface area contributed by atoms with Gasteiger partial charge in [-0.2, -0.15) is 11.8 Å². The lowest BCUT2D eigenvalue weighted by Crippen LogP contribution is -2.43. The summed E-state index contributed by atoms with van der Waals surface area (Å²) in [7, 11) is 0. The van der Waals surface area contributed by atoms with E-state index >= 15 is 0 Å². The Labute approximate surface area is 94.8 Å². The van der Waals surface area contributed by atoms with Crippen LogP contribution in [0.15, 0.2) is 0 Å². The van der Waals surface area contributed by atoms with Gasteiger partial charge in [-0.25, -0.2) is 0 Å². The fraction of sp³-hybridized carbons (Fsp3) is 0.909. The number of hydrogen-bond donors (Lipinski definition) is 2. The number of carboxylic acid groups (broad SMARTS) is 1. The quantitative estimate of drug-likeness (QED) is 0.751. The van der Waals surface area contributed by atoms with E-state index < -0.39 is 12.0 Å². The number of nitrogens with two attached hydrogens (primary N) is 1. The molecular formula is C11H19NO2S. The molecule has 4 unspecified atom stereocenters. The van der Waals surface area contributed by atoms with E-state index in [1.54, 1.807) is 11.8 Å². The summed E-state index contributed by atoms with van der Waals surface area (Å²) in [4.78, 5) is 11.0. The Morgan fingerprint density at radius 2 is 2.47 bits per heavy atom. The van der Waals surface area contributed by atoms with Gasteiger partial charge in [0.15, 0.2) is 0 Å². The fourth-order valence-electron chi connectivity index (χ4n) is 3.39. The van der Waals surface area contributed by atoms with Crippen LogP contribution in [0.25, 0.3) is 0 Å². The summed E-state index contributed by atoms with van der Waals surface area (Å²) in [6.45, 7) is 0. The van der Waals surface area contributed by atoms with Gasteiger partial charge in [0, 0.05) is 0 Å². The molecular weight excluding hydrogens is 210 g/mol. The summed E-state index contributed by atoms with van der Waals surface area (Å²) < 4.78 is 0. The predicted molar refractivity (Wildman–Crippen MR) is 61.9 cm³/mol. The second kappa shape index (κ2) is 3.98. The number of carbonyl (C=O) groups is 1. The summed E-state index contributed by atoms with van der Waals surface area (Å²) in [5.74, 6) is 1.02. The Bertz CT molecular complexity index is 271. The molecule has 0 aliphatic heterocycles. The lowest BCUT2D eigenvalue weighted by Gasteiger charge is -2.28. The van der Waals surface area contributed by atoms with Gasteiger partial charge in [0.1, 0.15) is 6.04 Å². The highest BCUT2D eigenvalue weighted by Gasteiger charge is 2.62. The molecule has 2 aliphatic rings. The van der Waals surface area contributed by atoms with E-state index in [-0.39, 0.29) is 5.92 Å².